The SMILES string of the molecule is C#CCn1ncc(NCCCc2cn[nH]c2C)c(Br)c1=O. The van der Waals surface area contributed by atoms with E-state index in [-0.39, 0.29) is 12.1 Å². The van der Waals surface area contributed by atoms with Crippen molar-refractivity contribution in [1.82, 2.24) is 20.0 Å². The van der Waals surface area contributed by atoms with Gasteiger partial charge in [-0.25, -0.2) is 4.68 Å². The van der Waals surface area contributed by atoms with Gasteiger partial charge in [0.1, 0.15) is 11.0 Å². The largest absolute Gasteiger partial charge is 0.383 e. The van der Waals surface area contributed by atoms with Crippen LogP contribution in [0.15, 0.2) is 21.7 Å². The Bertz CT molecular complexity index is 713. The van der Waals surface area contributed by atoms with Crippen molar-refractivity contribution in [2.75, 3.05) is 11.9 Å². The molecule has 0 radical (unpaired) electrons. The maximum absolute atomic E-state index is 11.9. The summed E-state index contributed by atoms with van der Waals surface area (Å²) >= 11 is 3.28. The Morgan fingerprint density at radius 1 is 1.52 bits per heavy atom. The summed E-state index contributed by atoms with van der Waals surface area (Å²) in [4.78, 5) is 11.9. The Labute approximate surface area is 131 Å². The molecule has 2 N–H and O–H groups in total. The fourth-order valence-electron chi connectivity index (χ4n) is 1.92. The lowest BCUT2D eigenvalue weighted by Gasteiger charge is -2.09. The molecular weight excluding hydrogens is 334 g/mol. The van der Waals surface area contributed by atoms with Crippen molar-refractivity contribution in [2.45, 2.75) is 26.3 Å². The van der Waals surface area contributed by atoms with Crippen LogP contribution in [0.4, 0.5) is 5.69 Å². The summed E-state index contributed by atoms with van der Waals surface area (Å²) in [5, 5.41) is 14.1. The number of halogens is 1. The van der Waals surface area contributed by atoms with Gasteiger partial charge in [0, 0.05) is 12.2 Å². The normalized spacial score (nSPS) is 10.3. The van der Waals surface area contributed by atoms with E-state index in [0.717, 1.165) is 25.1 Å². The van der Waals surface area contributed by atoms with Crippen LogP contribution in [-0.2, 0) is 13.0 Å². The first kappa shape index (κ1) is 15.3. The highest BCUT2D eigenvalue weighted by Gasteiger charge is 2.08. The van der Waals surface area contributed by atoms with E-state index in [2.05, 4.69) is 42.5 Å². The first-order valence-corrected chi connectivity index (χ1v) is 7.34. The molecule has 2 aromatic rings. The first-order chi connectivity index (χ1) is 10.1. The molecule has 2 aromatic heterocycles. The average molecular weight is 350 g/mol. The summed E-state index contributed by atoms with van der Waals surface area (Å²) < 4.78 is 1.69. The van der Waals surface area contributed by atoms with Crippen LogP contribution in [0.2, 0.25) is 0 Å². The molecule has 0 aliphatic heterocycles. The van der Waals surface area contributed by atoms with Crippen molar-refractivity contribution in [3.05, 3.63) is 38.5 Å². The summed E-state index contributed by atoms with van der Waals surface area (Å²) in [7, 11) is 0. The van der Waals surface area contributed by atoms with E-state index in [9.17, 15) is 4.79 Å². The van der Waals surface area contributed by atoms with E-state index in [1.807, 2.05) is 13.1 Å². The maximum Gasteiger partial charge on any atom is 0.284 e. The van der Waals surface area contributed by atoms with Gasteiger partial charge in [-0.15, -0.1) is 6.42 Å². The lowest BCUT2D eigenvalue weighted by atomic mass is 10.1. The molecule has 0 saturated heterocycles. The number of aryl methyl sites for hydroxylation is 2. The Morgan fingerprint density at radius 3 is 3.00 bits per heavy atom. The van der Waals surface area contributed by atoms with Crippen LogP contribution < -0.4 is 10.9 Å². The number of rotatable bonds is 6. The molecule has 0 amide bonds. The van der Waals surface area contributed by atoms with Crippen LogP contribution >= 0.6 is 15.9 Å². The third kappa shape index (κ3) is 3.73. The fraction of sp³-hybridized carbons (Fsp3) is 0.357. The summed E-state index contributed by atoms with van der Waals surface area (Å²) in [6.07, 6.45) is 10.5. The predicted octanol–water partition coefficient (Wildman–Crippen LogP) is 1.72. The highest BCUT2D eigenvalue weighted by Crippen LogP contribution is 2.16. The Kier molecular flexibility index (Phi) is 5.17. The van der Waals surface area contributed by atoms with Crippen molar-refractivity contribution >= 4 is 21.6 Å². The van der Waals surface area contributed by atoms with Crippen molar-refractivity contribution in [3.63, 3.8) is 0 Å². The zero-order chi connectivity index (χ0) is 15.2. The van der Waals surface area contributed by atoms with Gasteiger partial charge in [0.2, 0.25) is 0 Å². The van der Waals surface area contributed by atoms with Crippen LogP contribution in [-0.4, -0.2) is 26.5 Å². The number of nitrogens with zero attached hydrogens (tertiary/aromatic N) is 3. The maximum atomic E-state index is 11.9. The van der Waals surface area contributed by atoms with Gasteiger partial charge < -0.3 is 5.32 Å². The number of aromatic amines is 1. The number of hydrogen-bond donors (Lipinski definition) is 2. The van der Waals surface area contributed by atoms with Crippen molar-refractivity contribution in [1.29, 1.82) is 0 Å². The fourth-order valence-corrected chi connectivity index (χ4v) is 2.36. The molecule has 0 saturated carbocycles. The molecule has 6 nitrogen and oxygen atoms in total. The number of aromatic nitrogens is 4. The average Bonchev–Trinajstić information content (AvgIpc) is 2.88. The Hall–Kier alpha value is -2.07. The topological polar surface area (TPSA) is 75.6 Å². The number of H-pyrrole nitrogens is 1. The quantitative estimate of drug-likeness (QED) is 0.614. The second kappa shape index (κ2) is 7.09. The molecule has 0 unspecified atom stereocenters. The van der Waals surface area contributed by atoms with E-state index in [4.69, 9.17) is 6.42 Å². The van der Waals surface area contributed by atoms with E-state index >= 15 is 0 Å². The Balaban J connectivity index is 1.92. The zero-order valence-corrected chi connectivity index (χ0v) is 13.3. The van der Waals surface area contributed by atoms with Crippen LogP contribution in [0, 0.1) is 19.3 Å². The lowest BCUT2D eigenvalue weighted by molar-refractivity contribution is 0.659. The second-order valence-electron chi connectivity index (χ2n) is 4.59. The third-order valence-corrected chi connectivity index (χ3v) is 3.86. The Morgan fingerprint density at radius 2 is 2.33 bits per heavy atom. The molecule has 0 spiro atoms. The second-order valence-corrected chi connectivity index (χ2v) is 5.38. The lowest BCUT2D eigenvalue weighted by Crippen LogP contribution is -2.24. The van der Waals surface area contributed by atoms with E-state index in [0.29, 0.717) is 10.2 Å². The number of anilines is 1. The molecule has 0 aliphatic rings. The van der Waals surface area contributed by atoms with Crippen LogP contribution in [0.3, 0.4) is 0 Å². The first-order valence-electron chi connectivity index (χ1n) is 6.55. The van der Waals surface area contributed by atoms with Crippen molar-refractivity contribution in [2.24, 2.45) is 0 Å². The van der Waals surface area contributed by atoms with Gasteiger partial charge >= 0.3 is 0 Å². The van der Waals surface area contributed by atoms with E-state index in [1.165, 1.54) is 10.2 Å². The summed E-state index contributed by atoms with van der Waals surface area (Å²) in [6.45, 7) is 2.91. The van der Waals surface area contributed by atoms with Gasteiger partial charge in [-0.2, -0.15) is 10.2 Å². The molecule has 2 heterocycles. The minimum absolute atomic E-state index is 0.164. The summed E-state index contributed by atoms with van der Waals surface area (Å²) in [6, 6.07) is 0. The van der Waals surface area contributed by atoms with Crippen LogP contribution in [0.1, 0.15) is 17.7 Å². The standard InChI is InChI=1S/C14H16BrN5O/c1-3-7-20-14(21)13(15)12(9-18-20)16-6-4-5-11-8-17-19-10(11)2/h1,8-9,16H,4-7H2,2H3,(H,17,19). The predicted molar refractivity (Wildman–Crippen MR) is 85.2 cm³/mol. The van der Waals surface area contributed by atoms with Crippen LogP contribution in [0.25, 0.3) is 0 Å². The molecule has 2 rings (SSSR count). The molecule has 0 aliphatic carbocycles. The van der Waals surface area contributed by atoms with Gasteiger partial charge in [-0.3, -0.25) is 9.89 Å². The van der Waals surface area contributed by atoms with Crippen molar-refractivity contribution < 1.29 is 0 Å². The van der Waals surface area contributed by atoms with Gasteiger partial charge in [-0.05, 0) is 41.3 Å². The van der Waals surface area contributed by atoms with Gasteiger partial charge in [0.05, 0.1) is 18.1 Å². The highest BCUT2D eigenvalue weighted by atomic mass is 79.9. The molecule has 7 heteroatoms. The van der Waals surface area contributed by atoms with E-state index in [1.54, 1.807) is 6.20 Å². The summed E-state index contributed by atoms with van der Waals surface area (Å²) in [5.41, 5.74) is 2.74. The number of hydrogen-bond acceptors (Lipinski definition) is 4. The molecule has 110 valence electrons. The molecular formula is C14H16BrN5O. The molecule has 0 bridgehead atoms. The minimum Gasteiger partial charge on any atom is -0.383 e. The molecule has 0 aromatic carbocycles. The monoisotopic (exact) mass is 349 g/mol. The zero-order valence-electron chi connectivity index (χ0n) is 11.7. The number of nitrogens with one attached hydrogen (secondary N) is 2. The van der Waals surface area contributed by atoms with E-state index < -0.39 is 0 Å². The van der Waals surface area contributed by atoms with Gasteiger partial charge in [0.25, 0.3) is 5.56 Å². The minimum atomic E-state index is -0.233. The molecule has 0 fully saturated rings. The molecule has 0 atom stereocenters. The third-order valence-electron chi connectivity index (χ3n) is 3.10. The van der Waals surface area contributed by atoms with Gasteiger partial charge in [0.15, 0.2) is 0 Å². The van der Waals surface area contributed by atoms with Gasteiger partial charge in [-0.1, -0.05) is 5.92 Å². The number of terminal acetylenes is 1. The van der Waals surface area contributed by atoms with Crippen molar-refractivity contribution in [3.8, 4) is 12.3 Å². The van der Waals surface area contributed by atoms with Crippen LogP contribution in [0.5, 0.6) is 0 Å². The molecule has 21 heavy (non-hydrogen) atoms. The smallest absolute Gasteiger partial charge is 0.284 e. The highest BCUT2D eigenvalue weighted by molar-refractivity contribution is 9.10. The summed E-state index contributed by atoms with van der Waals surface area (Å²) in [5.74, 6) is 2.40.